The van der Waals surface area contributed by atoms with Crippen molar-refractivity contribution in [3.05, 3.63) is 60.7 Å². The molecule has 0 spiro atoms. The fraction of sp³-hybridized carbons (Fsp3) is 0.118. The Balaban J connectivity index is 2.08. The number of hydrogen-bond donors (Lipinski definition) is 2. The van der Waals surface area contributed by atoms with Gasteiger partial charge in [-0.05, 0) is 17.7 Å². The highest BCUT2D eigenvalue weighted by molar-refractivity contribution is 5.87. The third-order valence-corrected chi connectivity index (χ3v) is 3.57. The molecule has 3 rings (SSSR count). The van der Waals surface area contributed by atoms with E-state index in [1.165, 1.54) is 0 Å². The smallest absolute Gasteiger partial charge is 0.245 e. The number of para-hydroxylation sites is 1. The van der Waals surface area contributed by atoms with Gasteiger partial charge < -0.3 is 4.57 Å². The fourth-order valence-electron chi connectivity index (χ4n) is 2.57. The summed E-state index contributed by atoms with van der Waals surface area (Å²) in [5, 5.41) is 9.79. The number of amides is 1. The average molecular weight is 280 g/mol. The monoisotopic (exact) mass is 280 g/mol. The summed E-state index contributed by atoms with van der Waals surface area (Å²) < 4.78 is 2.11. The first kappa shape index (κ1) is 13.4. The van der Waals surface area contributed by atoms with E-state index < -0.39 is 0 Å². The molecular formula is C17H16N2O2. The van der Waals surface area contributed by atoms with Crippen LogP contribution in [0.15, 0.2) is 60.7 Å². The number of aryl methyl sites for hydroxylation is 1. The van der Waals surface area contributed by atoms with Gasteiger partial charge in [-0.1, -0.05) is 48.5 Å². The van der Waals surface area contributed by atoms with Crippen molar-refractivity contribution in [3.8, 4) is 11.3 Å². The predicted octanol–water partition coefficient (Wildman–Crippen LogP) is 3.20. The number of carbonyl (C=O) groups excluding carboxylic acids is 1. The van der Waals surface area contributed by atoms with E-state index in [1.807, 2.05) is 36.4 Å². The van der Waals surface area contributed by atoms with Crippen molar-refractivity contribution in [2.75, 3.05) is 0 Å². The summed E-state index contributed by atoms with van der Waals surface area (Å²) >= 11 is 0. The fourth-order valence-corrected chi connectivity index (χ4v) is 2.57. The van der Waals surface area contributed by atoms with E-state index in [1.54, 1.807) is 5.48 Å². The highest BCUT2D eigenvalue weighted by Crippen LogP contribution is 2.28. The normalized spacial score (nSPS) is 10.7. The topological polar surface area (TPSA) is 54.3 Å². The Kier molecular flexibility index (Phi) is 3.71. The number of carbonyl (C=O) groups is 1. The lowest BCUT2D eigenvalue weighted by molar-refractivity contribution is -0.129. The largest absolute Gasteiger partial charge is 0.340 e. The number of hydrogen-bond acceptors (Lipinski definition) is 2. The van der Waals surface area contributed by atoms with Crippen LogP contribution in [0.2, 0.25) is 0 Å². The van der Waals surface area contributed by atoms with Crippen molar-refractivity contribution in [2.45, 2.75) is 13.0 Å². The molecule has 0 radical (unpaired) electrons. The molecule has 106 valence electrons. The molecule has 2 N–H and O–H groups in total. The zero-order chi connectivity index (χ0) is 14.7. The van der Waals surface area contributed by atoms with Crippen molar-refractivity contribution in [1.82, 2.24) is 10.0 Å². The van der Waals surface area contributed by atoms with E-state index in [9.17, 15) is 4.79 Å². The van der Waals surface area contributed by atoms with Crippen LogP contribution < -0.4 is 5.48 Å². The minimum absolute atomic E-state index is 0.231. The molecule has 0 bridgehead atoms. The second-order valence-electron chi connectivity index (χ2n) is 4.89. The Morgan fingerprint density at radius 2 is 1.76 bits per heavy atom. The number of nitrogens with zero attached hydrogens (tertiary/aromatic N) is 1. The van der Waals surface area contributed by atoms with Crippen LogP contribution in [0.4, 0.5) is 0 Å². The van der Waals surface area contributed by atoms with Gasteiger partial charge in [0.25, 0.3) is 0 Å². The van der Waals surface area contributed by atoms with Gasteiger partial charge in [0.1, 0.15) is 0 Å². The van der Waals surface area contributed by atoms with Crippen molar-refractivity contribution >= 4 is 16.8 Å². The van der Waals surface area contributed by atoms with E-state index in [0.29, 0.717) is 6.54 Å². The van der Waals surface area contributed by atoms with Gasteiger partial charge >= 0.3 is 0 Å². The minimum Gasteiger partial charge on any atom is -0.340 e. The van der Waals surface area contributed by atoms with Crippen molar-refractivity contribution in [3.63, 3.8) is 0 Å². The van der Waals surface area contributed by atoms with Crippen LogP contribution in [0.5, 0.6) is 0 Å². The van der Waals surface area contributed by atoms with Crippen LogP contribution in [0.1, 0.15) is 6.42 Å². The lowest BCUT2D eigenvalue weighted by Crippen LogP contribution is -2.20. The summed E-state index contributed by atoms with van der Waals surface area (Å²) in [5.74, 6) is -0.383. The van der Waals surface area contributed by atoms with E-state index >= 15 is 0 Å². The molecule has 4 heteroatoms. The van der Waals surface area contributed by atoms with Gasteiger partial charge in [-0.2, -0.15) is 0 Å². The summed E-state index contributed by atoms with van der Waals surface area (Å²) in [6.07, 6.45) is 0.231. The molecule has 4 nitrogen and oxygen atoms in total. The van der Waals surface area contributed by atoms with Crippen LogP contribution in [-0.4, -0.2) is 15.7 Å². The third-order valence-electron chi connectivity index (χ3n) is 3.57. The predicted molar refractivity (Wildman–Crippen MR) is 81.9 cm³/mol. The molecule has 1 aromatic heterocycles. The lowest BCUT2D eigenvalue weighted by Gasteiger charge is -2.10. The zero-order valence-corrected chi connectivity index (χ0v) is 11.5. The van der Waals surface area contributed by atoms with E-state index in [-0.39, 0.29) is 12.3 Å². The molecule has 3 aromatic rings. The van der Waals surface area contributed by atoms with Crippen molar-refractivity contribution in [1.29, 1.82) is 0 Å². The molecular weight excluding hydrogens is 264 g/mol. The van der Waals surface area contributed by atoms with Gasteiger partial charge in [-0.25, -0.2) is 5.48 Å². The molecule has 2 aromatic carbocycles. The molecule has 21 heavy (non-hydrogen) atoms. The first-order valence-corrected chi connectivity index (χ1v) is 6.86. The van der Waals surface area contributed by atoms with Crippen LogP contribution in [0.3, 0.4) is 0 Å². The first-order chi connectivity index (χ1) is 10.3. The van der Waals surface area contributed by atoms with Gasteiger partial charge in [0, 0.05) is 29.6 Å². The number of fused-ring (bicyclic) bond motifs is 1. The van der Waals surface area contributed by atoms with E-state index in [2.05, 4.69) is 28.8 Å². The number of nitrogens with one attached hydrogen (secondary N) is 1. The maximum atomic E-state index is 11.3. The quantitative estimate of drug-likeness (QED) is 0.569. The van der Waals surface area contributed by atoms with Crippen LogP contribution in [0.25, 0.3) is 22.2 Å². The molecule has 0 fully saturated rings. The molecule has 0 aliphatic carbocycles. The Hall–Kier alpha value is -2.59. The molecule has 0 aliphatic heterocycles. The standard InChI is InChI=1S/C17H16N2O2/c20-17(18-21)10-11-19-15-9-5-4-8-14(15)12-16(19)13-6-2-1-3-7-13/h1-9,12,21H,10-11H2,(H,18,20). The number of benzene rings is 2. The summed E-state index contributed by atoms with van der Waals surface area (Å²) in [5.41, 5.74) is 4.95. The van der Waals surface area contributed by atoms with Crippen LogP contribution >= 0.6 is 0 Å². The molecule has 0 saturated heterocycles. The number of rotatable bonds is 4. The first-order valence-electron chi connectivity index (χ1n) is 6.86. The Morgan fingerprint density at radius 3 is 2.52 bits per heavy atom. The SMILES string of the molecule is O=C(CCn1c(-c2ccccc2)cc2ccccc21)NO. The average Bonchev–Trinajstić information content (AvgIpc) is 2.92. The van der Waals surface area contributed by atoms with Crippen LogP contribution in [0, 0.1) is 0 Å². The number of aromatic nitrogens is 1. The molecule has 0 aliphatic rings. The van der Waals surface area contributed by atoms with Crippen LogP contribution in [-0.2, 0) is 11.3 Å². The highest BCUT2D eigenvalue weighted by Gasteiger charge is 2.11. The van der Waals surface area contributed by atoms with E-state index in [4.69, 9.17) is 5.21 Å². The third kappa shape index (κ3) is 2.66. The molecule has 0 atom stereocenters. The summed E-state index contributed by atoms with van der Waals surface area (Å²) in [4.78, 5) is 11.3. The molecule has 1 amide bonds. The van der Waals surface area contributed by atoms with Crippen molar-refractivity contribution in [2.24, 2.45) is 0 Å². The maximum Gasteiger partial charge on any atom is 0.245 e. The van der Waals surface area contributed by atoms with Gasteiger partial charge in [0.2, 0.25) is 5.91 Å². The summed E-state index contributed by atoms with van der Waals surface area (Å²) in [6, 6.07) is 20.3. The Labute approximate surface area is 122 Å². The second kappa shape index (κ2) is 5.81. The van der Waals surface area contributed by atoms with Gasteiger partial charge in [0.15, 0.2) is 0 Å². The molecule has 1 heterocycles. The molecule has 0 unspecified atom stereocenters. The highest BCUT2D eigenvalue weighted by atomic mass is 16.5. The summed E-state index contributed by atoms with van der Waals surface area (Å²) in [6.45, 7) is 0.518. The Bertz CT molecular complexity index is 763. The van der Waals surface area contributed by atoms with E-state index in [0.717, 1.165) is 22.2 Å². The minimum atomic E-state index is -0.383. The summed E-state index contributed by atoms with van der Waals surface area (Å²) in [7, 11) is 0. The Morgan fingerprint density at radius 1 is 1.05 bits per heavy atom. The zero-order valence-electron chi connectivity index (χ0n) is 11.5. The lowest BCUT2D eigenvalue weighted by atomic mass is 10.1. The molecule has 0 saturated carbocycles. The maximum absolute atomic E-state index is 11.3. The van der Waals surface area contributed by atoms with Gasteiger partial charge in [-0.15, -0.1) is 0 Å². The second-order valence-corrected chi connectivity index (χ2v) is 4.89. The van der Waals surface area contributed by atoms with Gasteiger partial charge in [-0.3, -0.25) is 10.0 Å². The van der Waals surface area contributed by atoms with Gasteiger partial charge in [0.05, 0.1) is 0 Å². The number of hydroxylamine groups is 1. The van der Waals surface area contributed by atoms with Crippen molar-refractivity contribution < 1.29 is 10.0 Å².